The van der Waals surface area contributed by atoms with Gasteiger partial charge in [-0.05, 0) is 94.5 Å². The van der Waals surface area contributed by atoms with E-state index in [-0.39, 0.29) is 13.2 Å². The summed E-state index contributed by atoms with van der Waals surface area (Å²) in [6.45, 7) is 1.78. The van der Waals surface area contributed by atoms with Gasteiger partial charge >= 0.3 is 0 Å². The minimum absolute atomic E-state index is 0.161. The van der Waals surface area contributed by atoms with Crippen LogP contribution in [0.1, 0.15) is 41.4 Å². The van der Waals surface area contributed by atoms with Gasteiger partial charge in [0, 0.05) is 70.6 Å². The average Bonchev–Trinajstić information content (AvgIpc) is 3.30. The van der Waals surface area contributed by atoms with Gasteiger partial charge in [0.2, 0.25) is 0 Å². The van der Waals surface area contributed by atoms with Crippen molar-refractivity contribution in [2.75, 3.05) is 41.7 Å². The van der Waals surface area contributed by atoms with E-state index >= 15 is 0 Å². The number of benzene rings is 4. The minimum atomic E-state index is -0.530. The standard InChI is InChI=1S/C26H27N3O4.C23H21N3O4/c1-4-6-21-20-13-24(32-3)23(31-2)12-19(20)17(14-28-21)11-18-10-9-16-7-5-8-22(26(16)29-18)33-15-25(27)30;1-28-21-8-17-12-25-11-16(19(17)9-22(21)29-2)6-14-5-15-7-18(30-13-23(24)27)3-4-20(15)26-10-14/h5,7-10,12-14H,4,6,11,15H2,1-3H3,(H2,27,30);3-5,7-12H,6,13H2,1-2H3,(H2,24,27). The van der Waals surface area contributed by atoms with Gasteiger partial charge in [-0.1, -0.05) is 31.5 Å². The molecule has 0 fully saturated rings. The molecule has 0 aliphatic carbocycles. The number of rotatable bonds is 16. The third-order valence-electron chi connectivity index (χ3n) is 10.4. The largest absolute Gasteiger partial charge is 0.493 e. The number of amides is 2. The molecule has 0 bridgehead atoms. The van der Waals surface area contributed by atoms with Crippen molar-refractivity contribution in [1.29, 1.82) is 0 Å². The molecule has 63 heavy (non-hydrogen) atoms. The summed E-state index contributed by atoms with van der Waals surface area (Å²) in [5.41, 5.74) is 16.9. The zero-order valence-corrected chi connectivity index (χ0v) is 35.8. The fourth-order valence-electron chi connectivity index (χ4n) is 7.39. The summed E-state index contributed by atoms with van der Waals surface area (Å²) >= 11 is 0. The van der Waals surface area contributed by atoms with Gasteiger partial charge in [0.05, 0.1) is 34.0 Å². The molecule has 0 saturated heterocycles. The number of hydrogen-bond donors (Lipinski definition) is 2. The SMILES string of the molecule is CCCc1ncc(Cc2ccc3cccc(OCC(N)=O)c3n2)c2cc(OC)c(OC)cc12.COc1cc2cncc(Cc3cnc4ccc(OCC(N)=O)cc4c3)c2cc1OC. The van der Waals surface area contributed by atoms with Crippen LogP contribution >= 0.6 is 0 Å². The van der Waals surface area contributed by atoms with Crippen LogP contribution in [0.3, 0.4) is 0 Å². The highest BCUT2D eigenvalue weighted by molar-refractivity contribution is 5.92. The fraction of sp³-hybridized carbons (Fsp3) is 0.224. The molecule has 2 amide bonds. The van der Waals surface area contributed by atoms with Crippen LogP contribution < -0.4 is 39.9 Å². The van der Waals surface area contributed by atoms with Gasteiger partial charge in [0.25, 0.3) is 11.8 Å². The molecule has 0 radical (unpaired) electrons. The topological polar surface area (TPSA) is 193 Å². The van der Waals surface area contributed by atoms with Crippen LogP contribution in [0.5, 0.6) is 34.5 Å². The van der Waals surface area contributed by atoms with Gasteiger partial charge in [-0.2, -0.15) is 0 Å². The van der Waals surface area contributed by atoms with Crippen molar-refractivity contribution in [3.8, 4) is 34.5 Å². The molecular weight excluding hydrogens is 801 g/mol. The van der Waals surface area contributed by atoms with Gasteiger partial charge in [-0.3, -0.25) is 24.5 Å². The van der Waals surface area contributed by atoms with Crippen molar-refractivity contribution < 1.29 is 38.0 Å². The molecule has 4 aromatic heterocycles. The number of carbonyl (C=O) groups excluding carboxylic acids is 2. The summed E-state index contributed by atoms with van der Waals surface area (Å²) in [6.07, 6.45) is 10.5. The average molecular weight is 849 g/mol. The summed E-state index contributed by atoms with van der Waals surface area (Å²) in [7, 11) is 6.51. The molecule has 0 spiro atoms. The molecule has 322 valence electrons. The number of nitrogens with two attached hydrogens (primary N) is 2. The Morgan fingerprint density at radius 1 is 0.587 bits per heavy atom. The summed E-state index contributed by atoms with van der Waals surface area (Å²) in [5.74, 6) is 2.75. The predicted octanol–water partition coefficient (Wildman–Crippen LogP) is 7.46. The molecule has 8 aromatic rings. The summed E-state index contributed by atoms with van der Waals surface area (Å²) in [6, 6.07) is 25.0. The maximum Gasteiger partial charge on any atom is 0.255 e. The van der Waals surface area contributed by atoms with Crippen molar-refractivity contribution in [3.63, 3.8) is 0 Å². The Balaban J connectivity index is 0.000000190. The summed E-state index contributed by atoms with van der Waals surface area (Å²) < 4.78 is 32.9. The second kappa shape index (κ2) is 19.8. The molecule has 8 rings (SSSR count). The van der Waals surface area contributed by atoms with Crippen molar-refractivity contribution >= 4 is 55.2 Å². The molecule has 4 aromatic carbocycles. The zero-order chi connectivity index (χ0) is 44.5. The number of carbonyl (C=O) groups is 2. The number of para-hydroxylation sites is 1. The normalized spacial score (nSPS) is 10.9. The van der Waals surface area contributed by atoms with Crippen LogP contribution in [0.15, 0.2) is 104 Å². The van der Waals surface area contributed by atoms with Crippen LogP contribution in [0.2, 0.25) is 0 Å². The Morgan fingerprint density at radius 3 is 1.98 bits per heavy atom. The first kappa shape index (κ1) is 43.4. The van der Waals surface area contributed by atoms with Gasteiger partial charge in [-0.25, -0.2) is 4.98 Å². The van der Waals surface area contributed by atoms with Crippen LogP contribution in [0.25, 0.3) is 43.4 Å². The molecule has 14 heteroatoms. The smallest absolute Gasteiger partial charge is 0.255 e. The number of primary amides is 2. The lowest BCUT2D eigenvalue weighted by molar-refractivity contribution is -0.120. The van der Waals surface area contributed by atoms with E-state index in [1.165, 1.54) is 0 Å². The first-order chi connectivity index (χ1) is 30.6. The highest BCUT2D eigenvalue weighted by Crippen LogP contribution is 2.37. The Morgan fingerprint density at radius 2 is 1.27 bits per heavy atom. The molecule has 0 saturated carbocycles. The Kier molecular flexibility index (Phi) is 13.6. The van der Waals surface area contributed by atoms with Gasteiger partial charge < -0.3 is 39.9 Å². The number of fused-ring (bicyclic) bond motifs is 4. The van der Waals surface area contributed by atoms with Gasteiger partial charge in [-0.15, -0.1) is 0 Å². The van der Waals surface area contributed by atoms with Crippen molar-refractivity contribution in [1.82, 2.24) is 19.9 Å². The molecule has 4 heterocycles. The lowest BCUT2D eigenvalue weighted by Crippen LogP contribution is -2.20. The maximum atomic E-state index is 11.2. The van der Waals surface area contributed by atoms with E-state index in [0.717, 1.165) is 78.8 Å². The Bertz CT molecular complexity index is 2960. The highest BCUT2D eigenvalue weighted by atomic mass is 16.5. The second-order valence-electron chi connectivity index (χ2n) is 14.7. The minimum Gasteiger partial charge on any atom is -0.493 e. The van der Waals surface area contributed by atoms with Crippen molar-refractivity contribution in [2.45, 2.75) is 32.6 Å². The summed E-state index contributed by atoms with van der Waals surface area (Å²) in [4.78, 5) is 40.6. The molecule has 14 nitrogen and oxygen atoms in total. The quantitative estimate of drug-likeness (QED) is 0.0977. The van der Waals surface area contributed by atoms with E-state index in [4.69, 9.17) is 49.9 Å². The van der Waals surface area contributed by atoms with Crippen molar-refractivity contribution in [2.24, 2.45) is 11.5 Å². The number of ether oxygens (including phenoxy) is 6. The van der Waals surface area contributed by atoms with Crippen LogP contribution in [0.4, 0.5) is 0 Å². The van der Waals surface area contributed by atoms with Gasteiger partial charge in [0.1, 0.15) is 17.0 Å². The molecule has 0 aliphatic rings. The third-order valence-corrected chi connectivity index (χ3v) is 10.4. The number of hydrogen-bond acceptors (Lipinski definition) is 12. The monoisotopic (exact) mass is 848 g/mol. The van der Waals surface area contributed by atoms with E-state index in [1.807, 2.05) is 85.5 Å². The molecule has 0 unspecified atom stereocenters. The van der Waals surface area contributed by atoms with Crippen LogP contribution in [-0.2, 0) is 28.9 Å². The molecule has 0 aliphatic heterocycles. The molecular formula is C49H48N6O8. The first-order valence-electron chi connectivity index (χ1n) is 20.2. The number of aromatic nitrogens is 4. The lowest BCUT2D eigenvalue weighted by Gasteiger charge is -2.15. The lowest BCUT2D eigenvalue weighted by atomic mass is 9.99. The Hall–Kier alpha value is -7.74. The van der Waals surface area contributed by atoms with Crippen LogP contribution in [-0.4, -0.2) is 73.4 Å². The fourth-order valence-corrected chi connectivity index (χ4v) is 7.39. The van der Waals surface area contributed by atoms with E-state index in [1.54, 1.807) is 40.6 Å². The second-order valence-corrected chi connectivity index (χ2v) is 14.7. The number of aryl methyl sites for hydroxylation is 1. The van der Waals surface area contributed by atoms with Gasteiger partial charge in [0.15, 0.2) is 36.2 Å². The van der Waals surface area contributed by atoms with Crippen molar-refractivity contribution in [3.05, 3.63) is 132 Å². The number of nitrogens with zero attached hydrogens (tertiary/aromatic N) is 4. The highest BCUT2D eigenvalue weighted by Gasteiger charge is 2.16. The molecule has 0 atom stereocenters. The number of pyridine rings is 4. The number of methoxy groups -OCH3 is 4. The first-order valence-corrected chi connectivity index (χ1v) is 20.2. The zero-order valence-electron chi connectivity index (χ0n) is 35.8. The van der Waals surface area contributed by atoms with E-state index in [2.05, 4.69) is 23.0 Å². The summed E-state index contributed by atoms with van der Waals surface area (Å²) in [5, 5.41) is 5.97. The van der Waals surface area contributed by atoms with E-state index in [9.17, 15) is 9.59 Å². The maximum absolute atomic E-state index is 11.2. The predicted molar refractivity (Wildman–Crippen MR) is 242 cm³/mol. The van der Waals surface area contributed by atoms with E-state index < -0.39 is 11.8 Å². The van der Waals surface area contributed by atoms with E-state index in [0.29, 0.717) is 52.9 Å². The third kappa shape index (κ3) is 10.1. The van der Waals surface area contributed by atoms with Crippen LogP contribution in [0, 0.1) is 0 Å². The Labute approximate surface area is 364 Å². The molecule has 4 N–H and O–H groups in total.